The van der Waals surface area contributed by atoms with Gasteiger partial charge in [0.15, 0.2) is 0 Å². The molecular formula is C13H13Br2N3O. The van der Waals surface area contributed by atoms with Crippen LogP contribution in [0.1, 0.15) is 11.1 Å². The predicted molar refractivity (Wildman–Crippen MR) is 83.0 cm³/mol. The number of benzene rings is 1. The van der Waals surface area contributed by atoms with Gasteiger partial charge < -0.3 is 10.1 Å². The Hall–Kier alpha value is -1.14. The molecule has 0 bridgehead atoms. The lowest BCUT2D eigenvalue weighted by atomic mass is 10.1. The normalized spacial score (nSPS) is 10.4. The highest BCUT2D eigenvalue weighted by Gasteiger charge is 2.09. The first-order valence-electron chi connectivity index (χ1n) is 5.66. The van der Waals surface area contributed by atoms with Gasteiger partial charge in [-0.15, -0.1) is 0 Å². The molecule has 0 saturated heterocycles. The summed E-state index contributed by atoms with van der Waals surface area (Å²) in [4.78, 5) is 8.36. The second-order valence-corrected chi connectivity index (χ2v) is 5.72. The standard InChI is InChI=1S/C13H13Br2N3O/c1-7-4-9(5-8(2)11(7)15)19-12-10(14)6-17-13(16-3)18-12/h4-6H,1-3H3,(H,16,17,18). The molecular weight excluding hydrogens is 374 g/mol. The Kier molecular flexibility index (Phi) is 4.42. The molecule has 100 valence electrons. The maximum absolute atomic E-state index is 5.81. The Balaban J connectivity index is 2.36. The van der Waals surface area contributed by atoms with Crippen LogP contribution < -0.4 is 10.1 Å². The van der Waals surface area contributed by atoms with E-state index < -0.39 is 0 Å². The van der Waals surface area contributed by atoms with E-state index >= 15 is 0 Å². The van der Waals surface area contributed by atoms with Gasteiger partial charge in [0.2, 0.25) is 11.8 Å². The molecule has 4 nitrogen and oxygen atoms in total. The third kappa shape index (κ3) is 3.25. The van der Waals surface area contributed by atoms with Crippen LogP contribution >= 0.6 is 31.9 Å². The molecule has 0 atom stereocenters. The van der Waals surface area contributed by atoms with Crippen LogP contribution in [0.2, 0.25) is 0 Å². The quantitative estimate of drug-likeness (QED) is 0.846. The van der Waals surface area contributed by atoms with E-state index in [0.717, 1.165) is 21.3 Å². The molecule has 0 aliphatic rings. The van der Waals surface area contributed by atoms with Crippen molar-refractivity contribution in [3.8, 4) is 11.6 Å². The number of hydrogen-bond donors (Lipinski definition) is 1. The van der Waals surface area contributed by atoms with Crippen molar-refractivity contribution in [3.05, 3.63) is 38.4 Å². The van der Waals surface area contributed by atoms with Gasteiger partial charge in [-0.2, -0.15) is 4.98 Å². The molecule has 0 unspecified atom stereocenters. The minimum Gasteiger partial charge on any atom is -0.438 e. The first-order chi connectivity index (χ1) is 9.01. The van der Waals surface area contributed by atoms with Crippen LogP contribution in [0.3, 0.4) is 0 Å². The fraction of sp³-hybridized carbons (Fsp3) is 0.231. The number of anilines is 1. The smallest absolute Gasteiger partial charge is 0.238 e. The maximum Gasteiger partial charge on any atom is 0.238 e. The molecule has 1 aromatic carbocycles. The van der Waals surface area contributed by atoms with E-state index in [1.807, 2.05) is 26.0 Å². The van der Waals surface area contributed by atoms with Gasteiger partial charge in [-0.1, -0.05) is 15.9 Å². The summed E-state index contributed by atoms with van der Waals surface area (Å²) in [6.07, 6.45) is 1.66. The van der Waals surface area contributed by atoms with Crippen molar-refractivity contribution in [1.29, 1.82) is 0 Å². The SMILES string of the molecule is CNc1ncc(Br)c(Oc2cc(C)c(Br)c(C)c2)n1. The van der Waals surface area contributed by atoms with Gasteiger partial charge in [0, 0.05) is 11.5 Å². The van der Waals surface area contributed by atoms with Crippen LogP contribution in [0.25, 0.3) is 0 Å². The van der Waals surface area contributed by atoms with E-state index in [0.29, 0.717) is 16.3 Å². The zero-order chi connectivity index (χ0) is 14.0. The molecule has 1 aromatic heterocycles. The second kappa shape index (κ2) is 5.88. The lowest BCUT2D eigenvalue weighted by Gasteiger charge is -2.10. The average molecular weight is 387 g/mol. The van der Waals surface area contributed by atoms with E-state index in [1.165, 1.54) is 0 Å². The molecule has 0 aliphatic carbocycles. The lowest BCUT2D eigenvalue weighted by molar-refractivity contribution is 0.458. The summed E-state index contributed by atoms with van der Waals surface area (Å²) in [5.41, 5.74) is 2.24. The molecule has 0 fully saturated rings. The van der Waals surface area contributed by atoms with Crippen LogP contribution in [0, 0.1) is 13.8 Å². The zero-order valence-electron chi connectivity index (χ0n) is 10.8. The molecule has 0 radical (unpaired) electrons. The maximum atomic E-state index is 5.81. The minimum atomic E-state index is 0.487. The van der Waals surface area contributed by atoms with Crippen LogP contribution in [-0.4, -0.2) is 17.0 Å². The third-order valence-corrected chi connectivity index (χ3v) is 4.35. The van der Waals surface area contributed by atoms with Crippen molar-refractivity contribution in [1.82, 2.24) is 9.97 Å². The largest absolute Gasteiger partial charge is 0.438 e. The number of nitrogens with one attached hydrogen (secondary N) is 1. The molecule has 2 aromatic rings. The summed E-state index contributed by atoms with van der Waals surface area (Å²) in [6, 6.07) is 3.93. The first-order valence-corrected chi connectivity index (χ1v) is 7.24. The highest BCUT2D eigenvalue weighted by atomic mass is 79.9. The fourth-order valence-electron chi connectivity index (χ4n) is 1.62. The Morgan fingerprint density at radius 3 is 2.37 bits per heavy atom. The number of ether oxygens (including phenoxy) is 1. The summed E-state index contributed by atoms with van der Waals surface area (Å²) >= 11 is 6.92. The summed E-state index contributed by atoms with van der Waals surface area (Å²) in [7, 11) is 1.76. The van der Waals surface area contributed by atoms with Crippen molar-refractivity contribution in [2.45, 2.75) is 13.8 Å². The Morgan fingerprint density at radius 1 is 1.16 bits per heavy atom. The highest BCUT2D eigenvalue weighted by Crippen LogP contribution is 2.31. The van der Waals surface area contributed by atoms with Gasteiger partial charge in [-0.05, 0) is 53.0 Å². The van der Waals surface area contributed by atoms with Gasteiger partial charge >= 0.3 is 0 Å². The molecule has 0 aliphatic heterocycles. The number of nitrogens with zero attached hydrogens (tertiary/aromatic N) is 2. The fourth-order valence-corrected chi connectivity index (χ4v) is 2.12. The summed E-state index contributed by atoms with van der Waals surface area (Å²) in [5.74, 6) is 1.75. The van der Waals surface area contributed by atoms with E-state index in [4.69, 9.17) is 4.74 Å². The first kappa shape index (κ1) is 14.3. The van der Waals surface area contributed by atoms with Gasteiger partial charge in [-0.25, -0.2) is 4.98 Å². The molecule has 0 amide bonds. The van der Waals surface area contributed by atoms with E-state index in [1.54, 1.807) is 13.2 Å². The van der Waals surface area contributed by atoms with Gasteiger partial charge in [0.1, 0.15) is 5.75 Å². The average Bonchev–Trinajstić information content (AvgIpc) is 2.38. The summed E-state index contributed by atoms with van der Waals surface area (Å²) in [6.45, 7) is 4.05. The zero-order valence-corrected chi connectivity index (χ0v) is 14.0. The van der Waals surface area contributed by atoms with Gasteiger partial charge in [0.05, 0.1) is 10.7 Å². The number of hydrogen-bond acceptors (Lipinski definition) is 4. The Bertz CT molecular complexity index is 594. The number of rotatable bonds is 3. The van der Waals surface area contributed by atoms with Crippen molar-refractivity contribution in [2.24, 2.45) is 0 Å². The predicted octanol–water partition coefficient (Wildman–Crippen LogP) is 4.45. The van der Waals surface area contributed by atoms with E-state index in [2.05, 4.69) is 47.1 Å². The molecule has 19 heavy (non-hydrogen) atoms. The summed E-state index contributed by atoms with van der Waals surface area (Å²) < 4.78 is 7.62. The van der Waals surface area contributed by atoms with E-state index in [-0.39, 0.29) is 0 Å². The number of halogens is 2. The molecule has 0 saturated carbocycles. The van der Waals surface area contributed by atoms with E-state index in [9.17, 15) is 0 Å². The molecule has 1 N–H and O–H groups in total. The van der Waals surface area contributed by atoms with Gasteiger partial charge in [0.25, 0.3) is 0 Å². The Morgan fingerprint density at radius 2 is 1.79 bits per heavy atom. The topological polar surface area (TPSA) is 47.0 Å². The van der Waals surface area contributed by atoms with Crippen molar-refractivity contribution in [3.63, 3.8) is 0 Å². The van der Waals surface area contributed by atoms with Crippen LogP contribution in [0.5, 0.6) is 11.6 Å². The van der Waals surface area contributed by atoms with Crippen LogP contribution in [0.15, 0.2) is 27.3 Å². The highest BCUT2D eigenvalue weighted by molar-refractivity contribution is 9.10. The van der Waals surface area contributed by atoms with Crippen molar-refractivity contribution >= 4 is 37.8 Å². The number of aryl methyl sites for hydroxylation is 2. The molecule has 1 heterocycles. The van der Waals surface area contributed by atoms with Gasteiger partial charge in [-0.3, -0.25) is 0 Å². The molecule has 2 rings (SSSR count). The molecule has 0 spiro atoms. The Labute approximate surface area is 128 Å². The molecule has 6 heteroatoms. The monoisotopic (exact) mass is 385 g/mol. The second-order valence-electron chi connectivity index (χ2n) is 4.07. The van der Waals surface area contributed by atoms with Crippen LogP contribution in [-0.2, 0) is 0 Å². The minimum absolute atomic E-state index is 0.487. The number of aromatic nitrogens is 2. The van der Waals surface area contributed by atoms with Crippen molar-refractivity contribution < 1.29 is 4.74 Å². The van der Waals surface area contributed by atoms with Crippen molar-refractivity contribution in [2.75, 3.05) is 12.4 Å². The van der Waals surface area contributed by atoms with Crippen LogP contribution in [0.4, 0.5) is 5.95 Å². The summed E-state index contributed by atoms with van der Waals surface area (Å²) in [5, 5.41) is 2.88. The third-order valence-electron chi connectivity index (χ3n) is 2.56. The lowest BCUT2D eigenvalue weighted by Crippen LogP contribution is -1.99.